The van der Waals surface area contributed by atoms with Crippen LogP contribution in [0.5, 0.6) is 0 Å². The van der Waals surface area contributed by atoms with E-state index < -0.39 is 20.3 Å². The first-order valence-electron chi connectivity index (χ1n) is 8.75. The predicted octanol–water partition coefficient (Wildman–Crippen LogP) is 0.315. The van der Waals surface area contributed by atoms with E-state index in [9.17, 15) is 0 Å². The topological polar surface area (TPSA) is 0 Å². The molecule has 0 spiro atoms. The molecule has 1 saturated heterocycles. The van der Waals surface area contributed by atoms with E-state index in [0.717, 1.165) is 7.25 Å². The molecule has 1 heterocycles. The Balaban J connectivity index is 0.000000911. The molecule has 128 valence electrons. The van der Waals surface area contributed by atoms with Gasteiger partial charge in [-0.05, 0) is 0 Å². The van der Waals surface area contributed by atoms with Crippen LogP contribution in [0.2, 0.25) is 8.26 Å². The van der Waals surface area contributed by atoms with Crippen molar-refractivity contribution in [2.75, 3.05) is 0 Å². The fraction of sp³-hybridized carbons (Fsp3) is 0.273. The van der Waals surface area contributed by atoms with Crippen molar-refractivity contribution in [3.05, 3.63) is 81.9 Å². The van der Waals surface area contributed by atoms with Crippen LogP contribution in [-0.2, 0) is 20.3 Å². The van der Waals surface area contributed by atoms with E-state index in [1.54, 1.807) is 30.5 Å². The van der Waals surface area contributed by atoms with E-state index in [4.69, 9.17) is 0 Å². The van der Waals surface area contributed by atoms with Crippen LogP contribution in [0.3, 0.4) is 0 Å². The summed E-state index contributed by atoms with van der Waals surface area (Å²) < 4.78 is 4.73. The minimum Gasteiger partial charge on any atom is -1.00 e. The zero-order valence-corrected chi connectivity index (χ0v) is 17.1. The van der Waals surface area contributed by atoms with Gasteiger partial charge in [-0.15, -0.1) is 0 Å². The number of benzene rings is 2. The zero-order valence-electron chi connectivity index (χ0n) is 14.6. The number of hydrogen-bond acceptors (Lipinski definition) is 0. The van der Waals surface area contributed by atoms with Gasteiger partial charge in [0, 0.05) is 0 Å². The van der Waals surface area contributed by atoms with E-state index in [-0.39, 0.29) is 9.41 Å². The van der Waals surface area contributed by atoms with Crippen molar-refractivity contribution >= 4 is 12.2 Å². The molecule has 1 aliphatic heterocycles. The van der Waals surface area contributed by atoms with Gasteiger partial charge < -0.3 is 9.41 Å². The summed E-state index contributed by atoms with van der Waals surface area (Å²) in [5, 5.41) is 0. The molecule has 2 aromatic carbocycles. The summed E-state index contributed by atoms with van der Waals surface area (Å²) in [6.45, 7) is 4.78. The second-order valence-corrected chi connectivity index (χ2v) is 19.0. The maximum atomic E-state index is 2.47. The van der Waals surface area contributed by atoms with Crippen molar-refractivity contribution in [2.45, 2.75) is 29.4 Å². The van der Waals surface area contributed by atoms with Crippen LogP contribution < -0.4 is 9.41 Å². The van der Waals surface area contributed by atoms with E-state index >= 15 is 0 Å². The van der Waals surface area contributed by atoms with Gasteiger partial charge in [-0.1, -0.05) is 0 Å². The largest absolute Gasteiger partial charge is 1.00 e. The molecule has 0 aromatic heterocycles. The Morgan fingerprint density at radius 2 is 1.08 bits per heavy atom. The van der Waals surface area contributed by atoms with Crippen LogP contribution in [0.25, 0.3) is 12.2 Å². The summed E-state index contributed by atoms with van der Waals surface area (Å²) in [7, 11) is 0. The summed E-state index contributed by atoms with van der Waals surface area (Å²) in [4.78, 5) is 0. The van der Waals surface area contributed by atoms with Crippen molar-refractivity contribution in [3.63, 3.8) is 0 Å². The van der Waals surface area contributed by atoms with Gasteiger partial charge in [0.2, 0.25) is 0 Å². The van der Waals surface area contributed by atoms with Crippen molar-refractivity contribution in [1.29, 1.82) is 0 Å². The van der Waals surface area contributed by atoms with Crippen LogP contribution in [0, 0.1) is 0 Å². The third kappa shape index (κ3) is 2.54. The predicted molar refractivity (Wildman–Crippen MR) is 95.3 cm³/mol. The molecule has 2 unspecified atom stereocenters. The van der Waals surface area contributed by atoms with Crippen molar-refractivity contribution in [1.82, 2.24) is 0 Å². The summed E-state index contributed by atoms with van der Waals surface area (Å²) in [5.41, 5.74) is 9.58. The quantitative estimate of drug-likeness (QED) is 0.663. The summed E-state index contributed by atoms with van der Waals surface area (Å²) in [6, 6.07) is 18.3. The molecule has 0 nitrogen and oxygen atoms in total. The van der Waals surface area contributed by atoms with Crippen LogP contribution >= 0.6 is 0 Å². The number of hydrogen-bond donors (Lipinski definition) is 0. The van der Waals surface area contributed by atoms with Gasteiger partial charge in [-0.2, -0.15) is 0 Å². The Kier molecular flexibility index (Phi) is 4.75. The maximum absolute atomic E-state index is 2.47. The normalized spacial score (nSPS) is 23.0. The smallest absolute Gasteiger partial charge is 1.00 e. The number of fused-ring (bicyclic) bond motifs is 2. The monoisotopic (exact) mass is 414 g/mol. The SMILES string of the molecule is CC1=Cc2ccccc2[CH]1[Zr+2]1([CH]2C(C)=Cc3ccccc32)[CH2][CH2]1.[F-].[F-]. The fourth-order valence-electron chi connectivity index (χ4n) is 5.37. The molecule has 2 aromatic rings. The van der Waals surface area contributed by atoms with Gasteiger partial charge in [-0.3, -0.25) is 0 Å². The molecule has 0 N–H and O–H groups in total. The Bertz CT molecular complexity index is 808. The molecule has 0 saturated carbocycles. The Labute approximate surface area is 152 Å². The summed E-state index contributed by atoms with van der Waals surface area (Å²) in [6.07, 6.45) is 4.94. The summed E-state index contributed by atoms with van der Waals surface area (Å²) >= 11 is -2.25. The first kappa shape index (κ1) is 18.5. The minimum atomic E-state index is -2.25. The Morgan fingerprint density at radius 1 is 0.680 bits per heavy atom. The van der Waals surface area contributed by atoms with E-state index in [0.29, 0.717) is 0 Å². The molecule has 3 heteroatoms. The molecule has 1 fully saturated rings. The molecule has 0 amide bonds. The molecule has 3 aliphatic rings. The van der Waals surface area contributed by atoms with Crippen LogP contribution in [0.4, 0.5) is 0 Å². The van der Waals surface area contributed by atoms with Gasteiger partial charge in [-0.25, -0.2) is 0 Å². The molecular weight excluding hydrogens is 393 g/mol. The van der Waals surface area contributed by atoms with Gasteiger partial charge in [0.05, 0.1) is 0 Å². The van der Waals surface area contributed by atoms with Gasteiger partial charge in [0.15, 0.2) is 0 Å². The molecule has 0 bridgehead atoms. The van der Waals surface area contributed by atoms with Crippen LogP contribution in [0.1, 0.15) is 43.4 Å². The second-order valence-electron chi connectivity index (χ2n) is 7.63. The molecule has 2 atom stereocenters. The molecule has 2 aliphatic carbocycles. The minimum absolute atomic E-state index is 0. The first-order valence-corrected chi connectivity index (χ1v) is 15.1. The van der Waals surface area contributed by atoms with Crippen molar-refractivity contribution < 1.29 is 29.7 Å². The summed E-state index contributed by atoms with van der Waals surface area (Å²) in [5.74, 6) is 0. The van der Waals surface area contributed by atoms with Crippen LogP contribution in [0.15, 0.2) is 59.7 Å². The molecular formula is C22H22F2Zr. The fourth-order valence-corrected chi connectivity index (χ4v) is 23.1. The second kappa shape index (κ2) is 6.43. The van der Waals surface area contributed by atoms with Gasteiger partial charge in [0.1, 0.15) is 0 Å². The average molecular weight is 416 g/mol. The number of rotatable bonds is 2. The van der Waals surface area contributed by atoms with Crippen molar-refractivity contribution in [2.24, 2.45) is 0 Å². The maximum Gasteiger partial charge on any atom is -1.00 e. The third-order valence-corrected chi connectivity index (χ3v) is 19.8. The van der Waals surface area contributed by atoms with Crippen molar-refractivity contribution in [3.8, 4) is 0 Å². The number of halogens is 2. The Hall–Kier alpha value is -1.34. The number of allylic oxidation sites excluding steroid dienone is 2. The van der Waals surface area contributed by atoms with Gasteiger partial charge >= 0.3 is 144 Å². The molecule has 25 heavy (non-hydrogen) atoms. The molecule has 5 rings (SSSR count). The van der Waals surface area contributed by atoms with E-state index in [1.807, 2.05) is 0 Å². The zero-order chi connectivity index (χ0) is 15.6. The van der Waals surface area contributed by atoms with Gasteiger partial charge in [0.25, 0.3) is 0 Å². The first-order chi connectivity index (χ1) is 11.2. The van der Waals surface area contributed by atoms with Crippen LogP contribution in [-0.4, -0.2) is 0 Å². The van der Waals surface area contributed by atoms with E-state index in [1.165, 1.54) is 11.1 Å². The Morgan fingerprint density at radius 3 is 1.48 bits per heavy atom. The average Bonchev–Trinajstić information content (AvgIpc) is 3.13. The third-order valence-electron chi connectivity index (χ3n) is 6.27. The molecule has 0 radical (unpaired) electrons. The standard InChI is InChI=1S/2C10H9.C2H4.2FH.Zr/c2*1-8-6-9-4-2-3-5-10(9)7-8;1-2;;;/h2*2-7H,1H3;1-2H2;2*1H;/q;;;;;+2/p-2. The van der Waals surface area contributed by atoms with E-state index in [2.05, 4.69) is 74.5 Å².